The Bertz CT molecular complexity index is 749. The van der Waals surface area contributed by atoms with Crippen LogP contribution in [0.4, 0.5) is 5.69 Å². The summed E-state index contributed by atoms with van der Waals surface area (Å²) in [7, 11) is 0. The molecule has 3 rings (SSSR count). The number of benzene rings is 2. The number of nitrogens with two attached hydrogens (primary N) is 1. The number of nitrogens with zero attached hydrogens (tertiary/aromatic N) is 1. The van der Waals surface area contributed by atoms with E-state index in [1.165, 1.54) is 12.1 Å². The van der Waals surface area contributed by atoms with Crippen molar-refractivity contribution in [1.82, 2.24) is 4.98 Å². The van der Waals surface area contributed by atoms with E-state index < -0.39 is 11.2 Å². The van der Waals surface area contributed by atoms with Gasteiger partial charge in [-0.15, -0.1) is 0 Å². The predicted molar refractivity (Wildman–Crippen MR) is 63.0 cm³/mol. The van der Waals surface area contributed by atoms with E-state index in [2.05, 4.69) is 4.98 Å². The van der Waals surface area contributed by atoms with Crippen molar-refractivity contribution in [3.63, 3.8) is 0 Å². The maximum Gasteiger partial charge on any atom is 0.224 e. The molecule has 17 heavy (non-hydrogen) atoms. The van der Waals surface area contributed by atoms with Crippen LogP contribution in [0.3, 0.4) is 0 Å². The molecule has 1 aliphatic heterocycles. The molecule has 1 heterocycles. The first-order chi connectivity index (χ1) is 8.15. The lowest BCUT2D eigenvalue weighted by atomic mass is 10.2. The zero-order valence-electron chi connectivity index (χ0n) is 8.68. The summed E-state index contributed by atoms with van der Waals surface area (Å²) in [5, 5.41) is 9.61. The van der Waals surface area contributed by atoms with Gasteiger partial charge in [0.1, 0.15) is 11.2 Å². The number of phenolic OH excluding ortho intramolecular Hbond substituents is 1. The van der Waals surface area contributed by atoms with E-state index in [-0.39, 0.29) is 5.76 Å². The average molecular weight is 228 g/mol. The van der Waals surface area contributed by atoms with E-state index in [1.807, 2.05) is 0 Å². The molecule has 0 amide bonds. The van der Waals surface area contributed by atoms with Gasteiger partial charge in [-0.3, -0.25) is 4.79 Å². The van der Waals surface area contributed by atoms with Crippen LogP contribution < -0.4 is 11.2 Å². The second-order valence-electron chi connectivity index (χ2n) is 3.70. The number of aromatic hydroxyl groups is 1. The summed E-state index contributed by atoms with van der Waals surface area (Å²) >= 11 is 0. The van der Waals surface area contributed by atoms with Crippen molar-refractivity contribution < 1.29 is 9.52 Å². The SMILES string of the molecule is Nc1ccc2nc3ccc(=O)c(O)c-3oc2c1. The van der Waals surface area contributed by atoms with Crippen molar-refractivity contribution in [3.8, 4) is 17.2 Å². The molecule has 3 N–H and O–H groups in total. The van der Waals surface area contributed by atoms with Gasteiger partial charge in [-0.2, -0.15) is 0 Å². The monoisotopic (exact) mass is 228 g/mol. The van der Waals surface area contributed by atoms with Gasteiger partial charge in [-0.1, -0.05) is 0 Å². The molecule has 0 radical (unpaired) electrons. The van der Waals surface area contributed by atoms with Crippen LogP contribution in [0.1, 0.15) is 0 Å². The second kappa shape index (κ2) is 3.21. The molecule has 0 saturated carbocycles. The lowest BCUT2D eigenvalue weighted by Crippen LogP contribution is -2.01. The van der Waals surface area contributed by atoms with Gasteiger partial charge in [0.05, 0.1) is 0 Å². The topological polar surface area (TPSA) is 89.3 Å². The van der Waals surface area contributed by atoms with Gasteiger partial charge in [0, 0.05) is 11.8 Å². The second-order valence-corrected chi connectivity index (χ2v) is 3.70. The van der Waals surface area contributed by atoms with E-state index in [1.54, 1.807) is 18.2 Å². The van der Waals surface area contributed by atoms with Gasteiger partial charge in [0.15, 0.2) is 11.3 Å². The molecule has 0 saturated heterocycles. The fourth-order valence-corrected chi connectivity index (χ4v) is 1.68. The van der Waals surface area contributed by atoms with E-state index in [0.29, 0.717) is 22.5 Å². The Morgan fingerprint density at radius 3 is 2.88 bits per heavy atom. The number of anilines is 1. The number of fused-ring (bicyclic) bond motifs is 2. The molecule has 0 spiro atoms. The van der Waals surface area contributed by atoms with Crippen LogP contribution in [-0.4, -0.2) is 10.1 Å². The van der Waals surface area contributed by atoms with Crippen molar-refractivity contribution >= 4 is 16.8 Å². The molecular weight excluding hydrogens is 220 g/mol. The van der Waals surface area contributed by atoms with Gasteiger partial charge in [-0.25, -0.2) is 4.98 Å². The lowest BCUT2D eigenvalue weighted by Gasteiger charge is -2.07. The maximum atomic E-state index is 11.3. The molecule has 84 valence electrons. The van der Waals surface area contributed by atoms with Crippen LogP contribution >= 0.6 is 0 Å². The van der Waals surface area contributed by atoms with Crippen molar-refractivity contribution in [1.29, 1.82) is 0 Å². The van der Waals surface area contributed by atoms with Gasteiger partial charge in [0.25, 0.3) is 0 Å². The smallest absolute Gasteiger partial charge is 0.224 e. The Morgan fingerprint density at radius 2 is 2.06 bits per heavy atom. The average Bonchev–Trinajstić information content (AvgIpc) is 2.32. The van der Waals surface area contributed by atoms with Crippen LogP contribution in [0.25, 0.3) is 22.6 Å². The summed E-state index contributed by atoms with van der Waals surface area (Å²) in [6, 6.07) is 7.78. The minimum Gasteiger partial charge on any atom is -0.501 e. The van der Waals surface area contributed by atoms with Crippen LogP contribution in [0, 0.1) is 0 Å². The maximum absolute atomic E-state index is 11.3. The molecule has 5 nitrogen and oxygen atoms in total. The molecular formula is C12H8N2O3. The first kappa shape index (κ1) is 9.65. The third-order valence-electron chi connectivity index (χ3n) is 2.51. The number of phenols is 1. The molecule has 0 fully saturated rings. The predicted octanol–water partition coefficient (Wildman–Crippen LogP) is 1.58. The Kier molecular flexibility index (Phi) is 1.82. The molecule has 1 aliphatic carbocycles. The Morgan fingerprint density at radius 1 is 1.24 bits per heavy atom. The Labute approximate surface area is 95.5 Å². The van der Waals surface area contributed by atoms with E-state index in [9.17, 15) is 9.90 Å². The van der Waals surface area contributed by atoms with Gasteiger partial charge < -0.3 is 15.3 Å². The van der Waals surface area contributed by atoms with Crippen LogP contribution in [0.15, 0.2) is 39.5 Å². The number of hydrogen-bond acceptors (Lipinski definition) is 5. The van der Waals surface area contributed by atoms with Crippen molar-refractivity contribution in [3.05, 3.63) is 40.6 Å². The minimum atomic E-state index is -0.494. The van der Waals surface area contributed by atoms with Crippen LogP contribution in [0.5, 0.6) is 5.75 Å². The van der Waals surface area contributed by atoms with Gasteiger partial charge >= 0.3 is 0 Å². The highest BCUT2D eigenvalue weighted by Crippen LogP contribution is 2.30. The summed E-state index contributed by atoms with van der Waals surface area (Å²) in [6.07, 6.45) is 0. The molecule has 0 unspecified atom stereocenters. The van der Waals surface area contributed by atoms with Crippen LogP contribution in [-0.2, 0) is 0 Å². The lowest BCUT2D eigenvalue weighted by molar-refractivity contribution is 0.449. The van der Waals surface area contributed by atoms with Crippen molar-refractivity contribution in [2.75, 3.05) is 5.73 Å². The van der Waals surface area contributed by atoms with Crippen molar-refractivity contribution in [2.24, 2.45) is 0 Å². The third-order valence-corrected chi connectivity index (χ3v) is 2.51. The van der Waals surface area contributed by atoms with Gasteiger partial charge in [0.2, 0.25) is 11.2 Å². The Balaban J connectivity index is 2.49. The highest BCUT2D eigenvalue weighted by atomic mass is 16.4. The normalized spacial score (nSPS) is 11.1. The standard InChI is InChI=1S/C12H8N2O3/c13-6-1-2-7-10(5-6)17-12-8(14-7)3-4-9(15)11(12)16/h1-5,16H,13H2. The summed E-state index contributed by atoms with van der Waals surface area (Å²) in [5.74, 6) is -0.352. The van der Waals surface area contributed by atoms with Crippen molar-refractivity contribution in [2.45, 2.75) is 0 Å². The van der Waals surface area contributed by atoms with Gasteiger partial charge in [-0.05, 0) is 24.3 Å². The molecule has 2 aliphatic rings. The third kappa shape index (κ3) is 1.40. The summed E-state index contributed by atoms with van der Waals surface area (Å²) in [4.78, 5) is 15.5. The largest absolute Gasteiger partial charge is 0.501 e. The summed E-state index contributed by atoms with van der Waals surface area (Å²) < 4.78 is 5.45. The first-order valence-electron chi connectivity index (χ1n) is 4.97. The quantitative estimate of drug-likeness (QED) is 0.450. The zero-order chi connectivity index (χ0) is 12.0. The number of aromatic nitrogens is 1. The molecule has 1 aromatic carbocycles. The fraction of sp³-hybridized carbons (Fsp3) is 0. The molecule has 5 heteroatoms. The van der Waals surface area contributed by atoms with E-state index in [0.717, 1.165) is 0 Å². The zero-order valence-corrected chi connectivity index (χ0v) is 8.68. The number of hydrogen-bond donors (Lipinski definition) is 2. The molecule has 1 aromatic rings. The van der Waals surface area contributed by atoms with E-state index in [4.69, 9.17) is 10.2 Å². The summed E-state index contributed by atoms with van der Waals surface area (Å²) in [5.41, 5.74) is 7.13. The minimum absolute atomic E-state index is 0.0793. The Hall–Kier alpha value is -2.56. The fourth-order valence-electron chi connectivity index (χ4n) is 1.68. The van der Waals surface area contributed by atoms with Crippen LogP contribution in [0.2, 0.25) is 0 Å². The highest BCUT2D eigenvalue weighted by Gasteiger charge is 2.15. The highest BCUT2D eigenvalue weighted by molar-refractivity contribution is 5.80. The number of rotatable bonds is 0. The summed E-state index contributed by atoms with van der Waals surface area (Å²) in [6.45, 7) is 0. The molecule has 0 aromatic heterocycles. The molecule has 0 bridgehead atoms. The number of nitrogen functional groups attached to an aromatic ring is 1. The van der Waals surface area contributed by atoms with E-state index >= 15 is 0 Å². The first-order valence-corrected chi connectivity index (χ1v) is 4.97. The molecule has 0 atom stereocenters.